The lowest BCUT2D eigenvalue weighted by Crippen LogP contribution is -2.56. The highest BCUT2D eigenvalue weighted by molar-refractivity contribution is 5.38. The Bertz CT molecular complexity index is 860. The second kappa shape index (κ2) is 10.4. The van der Waals surface area contributed by atoms with Crippen LogP contribution in [0.25, 0.3) is 0 Å². The summed E-state index contributed by atoms with van der Waals surface area (Å²) in [4.78, 5) is 0. The van der Waals surface area contributed by atoms with E-state index < -0.39 is 36.6 Å². The van der Waals surface area contributed by atoms with Gasteiger partial charge in [-0.25, -0.2) is 0 Å². The van der Waals surface area contributed by atoms with Crippen LogP contribution in [0.5, 0.6) is 0 Å². The summed E-state index contributed by atoms with van der Waals surface area (Å²) in [5.74, 6) is 0.355. The fourth-order valence-corrected chi connectivity index (χ4v) is 7.00. The largest absolute Gasteiger partial charge is 0.426 e. The van der Waals surface area contributed by atoms with Gasteiger partial charge in [0.15, 0.2) is 0 Å². The van der Waals surface area contributed by atoms with Gasteiger partial charge in [-0.15, -0.1) is 0 Å². The van der Waals surface area contributed by atoms with E-state index in [4.69, 9.17) is 0 Å². The third-order valence-electron chi connectivity index (χ3n) is 9.12. The van der Waals surface area contributed by atoms with Gasteiger partial charge in [0.2, 0.25) is 0 Å². The summed E-state index contributed by atoms with van der Waals surface area (Å²) in [6.45, 7) is 8.03. The normalized spacial score (nSPS) is 35.4. The molecule has 0 aliphatic heterocycles. The zero-order valence-corrected chi connectivity index (χ0v) is 20.9. The summed E-state index contributed by atoms with van der Waals surface area (Å²) >= 11 is 0. The maximum absolute atomic E-state index is 13.0. The maximum atomic E-state index is 13.0. The van der Waals surface area contributed by atoms with Crippen LogP contribution < -0.4 is 0 Å². The molecule has 3 fully saturated rings. The molecule has 0 radical (unpaired) electrons. The third kappa shape index (κ3) is 5.58. The highest BCUT2D eigenvalue weighted by Gasteiger charge is 2.69. The molecule has 0 saturated heterocycles. The maximum Gasteiger partial charge on any atom is 0.426 e. The van der Waals surface area contributed by atoms with Gasteiger partial charge >= 0.3 is 12.4 Å². The Morgan fingerprint density at radius 1 is 1.08 bits per heavy atom. The number of aliphatic hydroxyl groups is 3. The van der Waals surface area contributed by atoms with Crippen molar-refractivity contribution in [1.82, 2.24) is 0 Å². The van der Waals surface area contributed by atoms with Gasteiger partial charge in [0.1, 0.15) is 0 Å². The monoisotopic (exact) mass is 524 g/mol. The molecule has 3 rings (SSSR count). The quantitative estimate of drug-likeness (QED) is 0.336. The lowest BCUT2D eigenvalue weighted by Gasteiger charge is -2.44. The number of halogens is 6. The Hall–Kier alpha value is -1.32. The molecule has 3 N–H and O–H groups in total. The topological polar surface area (TPSA) is 60.7 Å². The number of hydrogen-bond acceptors (Lipinski definition) is 3. The Kier molecular flexibility index (Phi) is 8.48. The second-order valence-corrected chi connectivity index (χ2v) is 11.4. The average molecular weight is 525 g/mol. The van der Waals surface area contributed by atoms with E-state index in [1.807, 2.05) is 13.0 Å². The summed E-state index contributed by atoms with van der Waals surface area (Å²) in [5, 5.41) is 29.5. The van der Waals surface area contributed by atoms with Crippen molar-refractivity contribution in [2.45, 2.75) is 108 Å². The van der Waals surface area contributed by atoms with Crippen molar-refractivity contribution in [3.8, 4) is 0 Å². The minimum Gasteiger partial charge on any atom is -0.393 e. The Morgan fingerprint density at radius 3 is 2.33 bits per heavy atom. The van der Waals surface area contributed by atoms with E-state index in [9.17, 15) is 41.7 Å². The fraction of sp³-hybridized carbons (Fsp3) is 0.778. The number of aliphatic hydroxyl groups excluding tert-OH is 2. The SMILES string of the molecule is C=C1/C(=C/C=C2\CCC[C@]3(C)[C@@H]2CC[C@@H]3[C@H](C)CCCC(O)(C(F)(F)F)C(F)(F)F)C[C@H](O)C[C@@H]1O. The molecule has 3 aliphatic rings. The van der Waals surface area contributed by atoms with Gasteiger partial charge in [-0.05, 0) is 85.7 Å². The van der Waals surface area contributed by atoms with Crippen molar-refractivity contribution in [1.29, 1.82) is 0 Å². The highest BCUT2D eigenvalue weighted by atomic mass is 19.4. The van der Waals surface area contributed by atoms with Crippen LogP contribution in [0.2, 0.25) is 0 Å². The molecule has 3 nitrogen and oxygen atoms in total. The molecule has 206 valence electrons. The second-order valence-electron chi connectivity index (χ2n) is 11.4. The molecule has 0 unspecified atom stereocenters. The Labute approximate surface area is 209 Å². The number of rotatable bonds is 6. The summed E-state index contributed by atoms with van der Waals surface area (Å²) in [5.41, 5.74) is -2.08. The van der Waals surface area contributed by atoms with Crippen LogP contribution in [0, 0.1) is 23.2 Å². The molecule has 0 amide bonds. The first-order valence-electron chi connectivity index (χ1n) is 12.8. The molecule has 0 aromatic carbocycles. The predicted molar refractivity (Wildman–Crippen MR) is 125 cm³/mol. The first-order chi connectivity index (χ1) is 16.5. The van der Waals surface area contributed by atoms with Crippen LogP contribution in [-0.4, -0.2) is 45.5 Å². The molecule has 36 heavy (non-hydrogen) atoms. The van der Waals surface area contributed by atoms with Crippen molar-refractivity contribution in [3.05, 3.63) is 35.5 Å². The van der Waals surface area contributed by atoms with E-state index in [0.717, 1.165) is 37.7 Å². The van der Waals surface area contributed by atoms with E-state index in [1.54, 1.807) is 0 Å². The van der Waals surface area contributed by atoms with Crippen LogP contribution in [-0.2, 0) is 0 Å². The summed E-state index contributed by atoms with van der Waals surface area (Å²) in [6.07, 6.45) is -5.24. The number of hydrogen-bond donors (Lipinski definition) is 3. The number of allylic oxidation sites excluding steroid dienone is 3. The van der Waals surface area contributed by atoms with E-state index in [2.05, 4.69) is 19.6 Å². The summed E-state index contributed by atoms with van der Waals surface area (Å²) < 4.78 is 78.1. The van der Waals surface area contributed by atoms with Gasteiger partial charge in [0, 0.05) is 6.42 Å². The van der Waals surface area contributed by atoms with E-state index in [-0.39, 0.29) is 42.4 Å². The summed E-state index contributed by atoms with van der Waals surface area (Å²) in [6, 6.07) is 0. The van der Waals surface area contributed by atoms with Gasteiger partial charge < -0.3 is 15.3 Å². The van der Waals surface area contributed by atoms with Gasteiger partial charge in [-0.3, -0.25) is 0 Å². The van der Waals surface area contributed by atoms with Crippen LogP contribution in [0.1, 0.15) is 78.1 Å². The molecule has 0 aromatic rings. The zero-order chi connectivity index (χ0) is 27.1. The van der Waals surface area contributed by atoms with Crippen LogP contribution in [0.15, 0.2) is 35.5 Å². The zero-order valence-electron chi connectivity index (χ0n) is 20.9. The molecule has 0 heterocycles. The fourth-order valence-electron chi connectivity index (χ4n) is 7.00. The molecule has 0 bridgehead atoms. The molecule has 0 spiro atoms. The van der Waals surface area contributed by atoms with Gasteiger partial charge in [-0.2, -0.15) is 26.3 Å². The smallest absolute Gasteiger partial charge is 0.393 e. The van der Waals surface area contributed by atoms with E-state index >= 15 is 0 Å². The minimum atomic E-state index is -5.77. The lowest BCUT2D eigenvalue weighted by atomic mass is 9.60. The van der Waals surface area contributed by atoms with Crippen molar-refractivity contribution in [2.24, 2.45) is 23.2 Å². The van der Waals surface area contributed by atoms with Crippen molar-refractivity contribution in [3.63, 3.8) is 0 Å². The van der Waals surface area contributed by atoms with Gasteiger partial charge in [0.25, 0.3) is 5.60 Å². The molecule has 9 heteroatoms. The molecule has 0 aromatic heterocycles. The highest BCUT2D eigenvalue weighted by Crippen LogP contribution is 2.60. The lowest BCUT2D eigenvalue weighted by molar-refractivity contribution is -0.370. The van der Waals surface area contributed by atoms with Crippen LogP contribution in [0.4, 0.5) is 26.3 Å². The van der Waals surface area contributed by atoms with Crippen molar-refractivity contribution in [2.75, 3.05) is 0 Å². The molecular formula is C27H38F6O3. The minimum absolute atomic E-state index is 0.0770. The van der Waals surface area contributed by atoms with Crippen molar-refractivity contribution >= 4 is 0 Å². The van der Waals surface area contributed by atoms with Crippen molar-refractivity contribution < 1.29 is 41.7 Å². The third-order valence-corrected chi connectivity index (χ3v) is 9.12. The average Bonchev–Trinajstić information content (AvgIpc) is 3.11. The summed E-state index contributed by atoms with van der Waals surface area (Å²) in [7, 11) is 0. The number of fused-ring (bicyclic) bond motifs is 1. The molecular weight excluding hydrogens is 486 g/mol. The Morgan fingerprint density at radius 2 is 1.72 bits per heavy atom. The first-order valence-corrected chi connectivity index (χ1v) is 12.8. The van der Waals surface area contributed by atoms with Crippen LogP contribution >= 0.6 is 0 Å². The first kappa shape index (κ1) is 29.2. The van der Waals surface area contributed by atoms with Gasteiger partial charge in [0.05, 0.1) is 12.2 Å². The Balaban J connectivity index is 1.69. The predicted octanol–water partition coefficient (Wildman–Crippen LogP) is 6.79. The number of alkyl halides is 6. The molecule has 3 saturated carbocycles. The van der Waals surface area contributed by atoms with E-state index in [1.165, 1.54) is 5.57 Å². The molecule has 6 atom stereocenters. The van der Waals surface area contributed by atoms with E-state index in [0.29, 0.717) is 12.0 Å². The standard InChI is InChI=1S/C27H38F6O3/c1-16(6-4-13-25(36,26(28,29)30)27(31,32)33)21-10-11-22-18(7-5-12-24(21,22)3)8-9-19-14-20(34)15-23(35)17(19)2/h8-9,16,20-23,34-36H,2,4-7,10-15H2,1,3H3/b18-8+,19-9+/t16-,20+,21-,22-,23+,24+/m1/s1. The van der Waals surface area contributed by atoms with Crippen LogP contribution in [0.3, 0.4) is 0 Å². The molecule has 3 aliphatic carbocycles. The van der Waals surface area contributed by atoms with Gasteiger partial charge in [-0.1, -0.05) is 44.6 Å².